The van der Waals surface area contributed by atoms with Crippen LogP contribution in [0.25, 0.3) is 0 Å². The summed E-state index contributed by atoms with van der Waals surface area (Å²) in [6.07, 6.45) is 3.94. The number of hydrogen-bond acceptors (Lipinski definition) is 2. The second-order valence-electron chi connectivity index (χ2n) is 3.06. The summed E-state index contributed by atoms with van der Waals surface area (Å²) in [7, 11) is 0. The Morgan fingerprint density at radius 3 is 2.79 bits per heavy atom. The van der Waals surface area contributed by atoms with Crippen LogP contribution in [0.3, 0.4) is 0 Å². The molecule has 0 aromatic heterocycles. The van der Waals surface area contributed by atoms with Gasteiger partial charge in [0.2, 0.25) is 0 Å². The van der Waals surface area contributed by atoms with Gasteiger partial charge in [0.1, 0.15) is 0 Å². The Morgan fingerprint density at radius 2 is 2.14 bits per heavy atom. The summed E-state index contributed by atoms with van der Waals surface area (Å²) in [5, 5.41) is 8.92. The number of aryl methyl sites for hydroxylation is 1. The van der Waals surface area contributed by atoms with Crippen molar-refractivity contribution in [1.29, 1.82) is 0 Å². The summed E-state index contributed by atoms with van der Waals surface area (Å²) in [6, 6.07) is 7.21. The summed E-state index contributed by atoms with van der Waals surface area (Å²) >= 11 is 1.79. The van der Waals surface area contributed by atoms with E-state index in [9.17, 15) is 4.79 Å². The average molecular weight is 210 g/mol. The molecule has 0 aliphatic heterocycles. The highest BCUT2D eigenvalue weighted by Gasteiger charge is 2.07. The molecule has 3 heteroatoms. The molecule has 0 radical (unpaired) electrons. The van der Waals surface area contributed by atoms with Gasteiger partial charge >= 0.3 is 5.97 Å². The van der Waals surface area contributed by atoms with Crippen molar-refractivity contribution in [3.05, 3.63) is 35.4 Å². The Kier molecular flexibility index (Phi) is 4.53. The third kappa shape index (κ3) is 3.07. The standard InChI is InChI=1S/C11H14O2S/c1-14-8-4-6-9-5-2-3-7-10(9)11(12)13/h2-3,5,7H,4,6,8H2,1H3,(H,12,13). The first-order valence-corrected chi connectivity index (χ1v) is 5.95. The van der Waals surface area contributed by atoms with Gasteiger partial charge in [0, 0.05) is 0 Å². The number of carboxylic acid groups (broad SMARTS) is 1. The fraction of sp³-hybridized carbons (Fsp3) is 0.364. The first-order chi connectivity index (χ1) is 6.75. The first kappa shape index (κ1) is 11.1. The zero-order valence-corrected chi connectivity index (χ0v) is 9.01. The van der Waals surface area contributed by atoms with Crippen molar-refractivity contribution in [2.45, 2.75) is 12.8 Å². The first-order valence-electron chi connectivity index (χ1n) is 4.56. The molecule has 76 valence electrons. The van der Waals surface area contributed by atoms with E-state index in [1.54, 1.807) is 23.9 Å². The molecule has 0 heterocycles. The highest BCUT2D eigenvalue weighted by atomic mass is 32.2. The Morgan fingerprint density at radius 1 is 1.43 bits per heavy atom. The van der Waals surface area contributed by atoms with Crippen molar-refractivity contribution in [3.63, 3.8) is 0 Å². The maximum absolute atomic E-state index is 10.8. The number of rotatable bonds is 5. The van der Waals surface area contributed by atoms with E-state index in [0.29, 0.717) is 5.56 Å². The van der Waals surface area contributed by atoms with Crippen molar-refractivity contribution in [2.24, 2.45) is 0 Å². The molecule has 0 amide bonds. The van der Waals surface area contributed by atoms with Gasteiger partial charge in [0.15, 0.2) is 0 Å². The molecule has 1 rings (SSSR count). The van der Waals surface area contributed by atoms with Gasteiger partial charge in [-0.05, 0) is 36.5 Å². The summed E-state index contributed by atoms with van der Waals surface area (Å²) in [5.74, 6) is 0.248. The molecule has 1 N–H and O–H groups in total. The molecule has 0 unspecified atom stereocenters. The zero-order valence-electron chi connectivity index (χ0n) is 8.19. The van der Waals surface area contributed by atoms with Crippen LogP contribution in [0.2, 0.25) is 0 Å². The van der Waals surface area contributed by atoms with E-state index < -0.39 is 5.97 Å². The van der Waals surface area contributed by atoms with Crippen LogP contribution in [-0.2, 0) is 6.42 Å². The molecular formula is C11H14O2S. The molecule has 2 nitrogen and oxygen atoms in total. The minimum absolute atomic E-state index is 0.439. The highest BCUT2D eigenvalue weighted by Crippen LogP contribution is 2.12. The summed E-state index contributed by atoms with van der Waals surface area (Å²) in [4.78, 5) is 10.8. The number of thioether (sulfide) groups is 1. The van der Waals surface area contributed by atoms with Gasteiger partial charge < -0.3 is 5.11 Å². The number of benzene rings is 1. The second kappa shape index (κ2) is 5.70. The number of carboxylic acids is 1. The molecule has 14 heavy (non-hydrogen) atoms. The fourth-order valence-corrected chi connectivity index (χ4v) is 1.79. The fourth-order valence-electron chi connectivity index (χ4n) is 1.35. The molecule has 0 aliphatic rings. The largest absolute Gasteiger partial charge is 0.478 e. The quantitative estimate of drug-likeness (QED) is 0.759. The zero-order chi connectivity index (χ0) is 10.4. The normalized spacial score (nSPS) is 10.1. The van der Waals surface area contributed by atoms with Crippen LogP contribution < -0.4 is 0 Å². The summed E-state index contributed by atoms with van der Waals surface area (Å²) in [6.45, 7) is 0. The van der Waals surface area contributed by atoms with Crippen molar-refractivity contribution in [2.75, 3.05) is 12.0 Å². The van der Waals surface area contributed by atoms with Crippen LogP contribution in [0, 0.1) is 0 Å². The molecule has 0 saturated heterocycles. The molecule has 0 spiro atoms. The van der Waals surface area contributed by atoms with Gasteiger partial charge in [-0.25, -0.2) is 4.79 Å². The lowest BCUT2D eigenvalue weighted by molar-refractivity contribution is 0.0695. The second-order valence-corrected chi connectivity index (χ2v) is 4.04. The van der Waals surface area contributed by atoms with Gasteiger partial charge in [-0.3, -0.25) is 0 Å². The average Bonchev–Trinajstić information content (AvgIpc) is 2.19. The third-order valence-corrected chi connectivity index (χ3v) is 2.74. The van der Waals surface area contributed by atoms with Crippen molar-refractivity contribution in [3.8, 4) is 0 Å². The van der Waals surface area contributed by atoms with Crippen molar-refractivity contribution >= 4 is 17.7 Å². The van der Waals surface area contributed by atoms with Crippen LogP contribution in [0.15, 0.2) is 24.3 Å². The molecule has 0 saturated carbocycles. The van der Waals surface area contributed by atoms with Gasteiger partial charge in [-0.1, -0.05) is 18.2 Å². The van der Waals surface area contributed by atoms with Crippen LogP contribution in [0.5, 0.6) is 0 Å². The van der Waals surface area contributed by atoms with E-state index in [-0.39, 0.29) is 0 Å². The van der Waals surface area contributed by atoms with Crippen LogP contribution in [0.1, 0.15) is 22.3 Å². The Hall–Kier alpha value is -0.960. The van der Waals surface area contributed by atoms with Crippen LogP contribution in [0.4, 0.5) is 0 Å². The molecule has 0 bridgehead atoms. The summed E-state index contributed by atoms with van der Waals surface area (Å²) < 4.78 is 0. The lowest BCUT2D eigenvalue weighted by Crippen LogP contribution is -2.02. The Bertz CT molecular complexity index is 310. The maximum Gasteiger partial charge on any atom is 0.335 e. The molecule has 1 aromatic carbocycles. The van der Waals surface area contributed by atoms with Crippen LogP contribution >= 0.6 is 11.8 Å². The van der Waals surface area contributed by atoms with Crippen LogP contribution in [-0.4, -0.2) is 23.1 Å². The Balaban J connectivity index is 2.69. The van der Waals surface area contributed by atoms with Gasteiger partial charge in [-0.15, -0.1) is 0 Å². The summed E-state index contributed by atoms with van der Waals surface area (Å²) in [5.41, 5.74) is 1.38. The van der Waals surface area contributed by atoms with Gasteiger partial charge in [-0.2, -0.15) is 11.8 Å². The topological polar surface area (TPSA) is 37.3 Å². The molecule has 0 fully saturated rings. The minimum Gasteiger partial charge on any atom is -0.478 e. The number of hydrogen-bond donors (Lipinski definition) is 1. The number of carbonyl (C=O) groups is 1. The highest BCUT2D eigenvalue weighted by molar-refractivity contribution is 7.98. The third-order valence-electron chi connectivity index (χ3n) is 2.04. The lowest BCUT2D eigenvalue weighted by Gasteiger charge is -2.04. The van der Waals surface area contributed by atoms with Gasteiger partial charge in [0.05, 0.1) is 5.56 Å². The predicted octanol–water partition coefficient (Wildman–Crippen LogP) is 2.68. The molecule has 0 atom stereocenters. The van der Waals surface area contributed by atoms with E-state index in [1.807, 2.05) is 12.1 Å². The molecular weight excluding hydrogens is 196 g/mol. The molecule has 1 aromatic rings. The van der Waals surface area contributed by atoms with Crippen molar-refractivity contribution < 1.29 is 9.90 Å². The van der Waals surface area contributed by atoms with Crippen molar-refractivity contribution in [1.82, 2.24) is 0 Å². The molecule has 0 aliphatic carbocycles. The minimum atomic E-state index is -0.829. The van der Waals surface area contributed by atoms with E-state index in [4.69, 9.17) is 5.11 Å². The lowest BCUT2D eigenvalue weighted by atomic mass is 10.0. The van der Waals surface area contributed by atoms with Gasteiger partial charge in [0.25, 0.3) is 0 Å². The van der Waals surface area contributed by atoms with E-state index in [2.05, 4.69) is 6.26 Å². The Labute approximate surface area is 88.3 Å². The SMILES string of the molecule is CSCCCc1ccccc1C(=O)O. The van der Waals surface area contributed by atoms with E-state index in [0.717, 1.165) is 24.2 Å². The predicted molar refractivity (Wildman–Crippen MR) is 60.1 cm³/mol. The monoisotopic (exact) mass is 210 g/mol. The smallest absolute Gasteiger partial charge is 0.335 e. The maximum atomic E-state index is 10.8. The van der Waals surface area contributed by atoms with E-state index >= 15 is 0 Å². The number of aromatic carboxylic acids is 1. The van der Waals surface area contributed by atoms with E-state index in [1.165, 1.54) is 0 Å².